The molecule has 0 saturated carbocycles. The van der Waals surface area contributed by atoms with Crippen LogP contribution in [0.1, 0.15) is 63.3 Å². The van der Waals surface area contributed by atoms with Crippen LogP contribution in [0.5, 0.6) is 0 Å². The van der Waals surface area contributed by atoms with Gasteiger partial charge in [-0.2, -0.15) is 10.4 Å². The van der Waals surface area contributed by atoms with Crippen molar-refractivity contribution in [3.8, 4) is 6.07 Å². The molecule has 10 nitrogen and oxygen atoms in total. The predicted molar refractivity (Wildman–Crippen MR) is 177 cm³/mol. The van der Waals surface area contributed by atoms with Gasteiger partial charge in [-0.3, -0.25) is 9.78 Å². The number of aryl methyl sites for hydroxylation is 3. The van der Waals surface area contributed by atoms with Gasteiger partial charge in [-0.15, -0.1) is 0 Å². The Morgan fingerprint density at radius 1 is 1.09 bits per heavy atom. The average molecular weight is 609 g/mol. The van der Waals surface area contributed by atoms with Crippen molar-refractivity contribution in [2.45, 2.75) is 43.6 Å². The molecule has 236 valence electrons. The fourth-order valence-electron chi connectivity index (χ4n) is 6.80. The molecule has 3 aromatic rings. The number of carbonyl (C=O) groups excluding carboxylic acids is 1. The van der Waals surface area contributed by atoms with Crippen LogP contribution in [0.3, 0.4) is 0 Å². The van der Waals surface area contributed by atoms with Gasteiger partial charge >= 0.3 is 5.69 Å². The van der Waals surface area contributed by atoms with Gasteiger partial charge in [-0.25, -0.2) is 9.48 Å². The number of carbonyl (C=O) groups is 1. The molecule has 0 bridgehead atoms. The molecule has 10 heteroatoms. The molecule has 5 rings (SSSR count). The van der Waals surface area contributed by atoms with E-state index in [9.17, 15) is 14.9 Å². The van der Waals surface area contributed by atoms with E-state index in [4.69, 9.17) is 5.10 Å². The molecule has 0 radical (unpaired) electrons. The van der Waals surface area contributed by atoms with E-state index in [2.05, 4.69) is 52.6 Å². The lowest BCUT2D eigenvalue weighted by atomic mass is 9.69. The Kier molecular flexibility index (Phi) is 9.03. The number of likely N-dealkylation sites (tertiary alicyclic amines) is 1. The van der Waals surface area contributed by atoms with Gasteiger partial charge in [0.15, 0.2) is 0 Å². The quantitative estimate of drug-likeness (QED) is 0.340. The summed E-state index contributed by atoms with van der Waals surface area (Å²) in [7, 11) is 9.13. The van der Waals surface area contributed by atoms with E-state index in [-0.39, 0.29) is 17.6 Å². The zero-order chi connectivity index (χ0) is 32.5. The van der Waals surface area contributed by atoms with Gasteiger partial charge in [-0.05, 0) is 84.7 Å². The number of rotatable bonds is 10. The molecular formula is C35H44N8O2. The maximum Gasteiger partial charge on any atom is 0.343 e. The van der Waals surface area contributed by atoms with E-state index >= 15 is 0 Å². The smallest absolute Gasteiger partial charge is 0.343 e. The third-order valence-electron chi connectivity index (χ3n) is 9.31. The van der Waals surface area contributed by atoms with Crippen LogP contribution in [0.4, 0.5) is 0 Å². The minimum atomic E-state index is -0.809. The molecule has 2 heterocycles. The maximum atomic E-state index is 13.0. The molecule has 0 spiro atoms. The normalized spacial score (nSPS) is 18.8. The van der Waals surface area contributed by atoms with Crippen molar-refractivity contribution >= 4 is 11.6 Å². The van der Waals surface area contributed by atoms with Crippen LogP contribution in [0.15, 0.2) is 60.0 Å². The fraction of sp³-hybridized carbons (Fsp3) is 0.429. The van der Waals surface area contributed by atoms with Crippen molar-refractivity contribution in [2.24, 2.45) is 7.05 Å². The summed E-state index contributed by atoms with van der Waals surface area (Å²) in [5, 5.41) is 17.9. The molecule has 1 aromatic heterocycles. The SMILES string of the molecule is C=C(c1ccc2c(c1)CCc1cc(C(=O)N(C)C)ccc1C2(CCNCC(=C)N1CCCC1C#N)c1nn(C)c(=O)[nH]1)N(C)C. The van der Waals surface area contributed by atoms with Gasteiger partial charge in [-0.1, -0.05) is 31.4 Å². The Hall–Kier alpha value is -4.62. The molecule has 45 heavy (non-hydrogen) atoms. The van der Waals surface area contributed by atoms with Gasteiger partial charge in [0.1, 0.15) is 11.9 Å². The molecule has 2 atom stereocenters. The second kappa shape index (κ2) is 12.8. The van der Waals surface area contributed by atoms with Crippen LogP contribution in [-0.2, 0) is 25.3 Å². The summed E-state index contributed by atoms with van der Waals surface area (Å²) >= 11 is 0. The summed E-state index contributed by atoms with van der Waals surface area (Å²) in [6.45, 7) is 10.5. The Morgan fingerprint density at radius 2 is 1.73 bits per heavy atom. The number of aromatic nitrogens is 3. The zero-order valence-corrected chi connectivity index (χ0v) is 27.1. The molecule has 1 aliphatic carbocycles. The van der Waals surface area contributed by atoms with E-state index in [0.29, 0.717) is 30.9 Å². The summed E-state index contributed by atoms with van der Waals surface area (Å²) in [6, 6.07) is 14.6. The Morgan fingerprint density at radius 3 is 2.31 bits per heavy atom. The highest BCUT2D eigenvalue weighted by Crippen LogP contribution is 2.46. The van der Waals surface area contributed by atoms with E-state index < -0.39 is 5.41 Å². The van der Waals surface area contributed by atoms with Crippen LogP contribution in [0, 0.1) is 11.3 Å². The van der Waals surface area contributed by atoms with E-state index in [0.717, 1.165) is 71.4 Å². The number of amides is 1. The van der Waals surface area contributed by atoms with E-state index in [1.165, 1.54) is 4.68 Å². The van der Waals surface area contributed by atoms with Crippen LogP contribution in [0.25, 0.3) is 5.70 Å². The lowest BCUT2D eigenvalue weighted by Gasteiger charge is -2.35. The lowest BCUT2D eigenvalue weighted by molar-refractivity contribution is 0.0827. The molecular weight excluding hydrogens is 564 g/mol. The fourth-order valence-corrected chi connectivity index (χ4v) is 6.80. The number of nitrogens with one attached hydrogen (secondary N) is 2. The second-order valence-electron chi connectivity index (χ2n) is 12.6. The molecule has 1 amide bonds. The number of aromatic amines is 1. The van der Waals surface area contributed by atoms with Crippen molar-refractivity contribution in [1.82, 2.24) is 34.8 Å². The zero-order valence-electron chi connectivity index (χ0n) is 27.1. The van der Waals surface area contributed by atoms with Crippen molar-refractivity contribution in [2.75, 3.05) is 47.8 Å². The lowest BCUT2D eigenvalue weighted by Crippen LogP contribution is -2.38. The Labute approximate surface area is 265 Å². The largest absolute Gasteiger partial charge is 0.378 e. The number of H-pyrrole nitrogens is 1. The predicted octanol–water partition coefficient (Wildman–Crippen LogP) is 3.26. The molecule has 2 unspecified atom stereocenters. The highest BCUT2D eigenvalue weighted by Gasteiger charge is 2.44. The maximum absolute atomic E-state index is 13.0. The second-order valence-corrected chi connectivity index (χ2v) is 12.6. The summed E-state index contributed by atoms with van der Waals surface area (Å²) in [5.74, 6) is 0.508. The molecule has 2 aliphatic rings. The Balaban J connectivity index is 1.62. The van der Waals surface area contributed by atoms with Crippen LogP contribution in [-0.4, -0.2) is 89.2 Å². The summed E-state index contributed by atoms with van der Waals surface area (Å²) in [6.07, 6.45) is 3.91. The number of fused-ring (bicyclic) bond motifs is 2. The first kappa shape index (κ1) is 31.8. The topological polar surface area (TPSA) is 113 Å². The molecule has 1 fully saturated rings. The van der Waals surface area contributed by atoms with Gasteiger partial charge in [0.25, 0.3) is 5.91 Å². The van der Waals surface area contributed by atoms with Crippen molar-refractivity contribution in [1.29, 1.82) is 5.26 Å². The minimum absolute atomic E-state index is 0.0567. The third-order valence-corrected chi connectivity index (χ3v) is 9.31. The first-order valence-electron chi connectivity index (χ1n) is 15.5. The number of hydrogen-bond acceptors (Lipinski definition) is 7. The van der Waals surface area contributed by atoms with Crippen LogP contribution >= 0.6 is 0 Å². The number of nitrogens with zero attached hydrogens (tertiary/aromatic N) is 6. The number of benzene rings is 2. The molecule has 1 aliphatic heterocycles. The minimum Gasteiger partial charge on any atom is -0.378 e. The first-order valence-corrected chi connectivity index (χ1v) is 15.5. The Bertz CT molecular complexity index is 1650. The van der Waals surface area contributed by atoms with Gasteiger partial charge < -0.3 is 20.0 Å². The van der Waals surface area contributed by atoms with Gasteiger partial charge in [0.2, 0.25) is 0 Å². The molecule has 2 aromatic carbocycles. The first-order chi connectivity index (χ1) is 21.5. The molecule has 2 N–H and O–H groups in total. The van der Waals surface area contributed by atoms with Crippen LogP contribution < -0.4 is 11.0 Å². The monoisotopic (exact) mass is 608 g/mol. The highest BCUT2D eigenvalue weighted by molar-refractivity contribution is 5.94. The highest BCUT2D eigenvalue weighted by atomic mass is 16.2. The molecule has 1 saturated heterocycles. The summed E-state index contributed by atoms with van der Waals surface area (Å²) in [5.41, 5.74) is 6.67. The van der Waals surface area contributed by atoms with Crippen LogP contribution in [0.2, 0.25) is 0 Å². The van der Waals surface area contributed by atoms with E-state index in [1.807, 2.05) is 37.2 Å². The van der Waals surface area contributed by atoms with Crippen molar-refractivity contribution < 1.29 is 4.79 Å². The standard InChI is InChI=1S/C35H44N8O2/c1-23(43-18-8-9-29(43)21-36)22-37-17-16-35(33-38-34(45)42(7)39-33)30-14-12-25(24(2)40(3)4)19-26(30)10-11-27-20-28(13-15-31(27)35)32(44)41(5)6/h12-15,19-20,29,37H,1-2,8-11,16-18,22H2,3-7H3,(H,38,39,45). The van der Waals surface area contributed by atoms with Gasteiger partial charge in [0, 0.05) is 65.3 Å². The summed E-state index contributed by atoms with van der Waals surface area (Å²) < 4.78 is 1.35. The summed E-state index contributed by atoms with van der Waals surface area (Å²) in [4.78, 5) is 34.7. The van der Waals surface area contributed by atoms with Crippen molar-refractivity contribution in [3.63, 3.8) is 0 Å². The van der Waals surface area contributed by atoms with Gasteiger partial charge in [0.05, 0.1) is 11.5 Å². The van der Waals surface area contributed by atoms with E-state index in [1.54, 1.807) is 26.0 Å². The average Bonchev–Trinajstić information content (AvgIpc) is 3.61. The van der Waals surface area contributed by atoms with Crippen molar-refractivity contribution in [3.05, 3.63) is 105 Å². The third kappa shape index (κ3) is 5.92. The number of hydrogen-bond donors (Lipinski definition) is 2. The number of nitriles is 1.